The molecule has 21 heavy (non-hydrogen) atoms. The van der Waals surface area contributed by atoms with Crippen LogP contribution < -0.4 is 0 Å². The second-order valence-electron chi connectivity index (χ2n) is 7.65. The van der Waals surface area contributed by atoms with Gasteiger partial charge in [-0.2, -0.15) is 0 Å². The third-order valence-electron chi connectivity index (χ3n) is 3.16. The van der Waals surface area contributed by atoms with E-state index >= 15 is 0 Å². The van der Waals surface area contributed by atoms with Crippen LogP contribution in [0.2, 0.25) is 0 Å². The summed E-state index contributed by atoms with van der Waals surface area (Å²) >= 11 is 0. The van der Waals surface area contributed by atoms with Crippen LogP contribution in [-0.2, 0) is 9.47 Å². The fourth-order valence-electron chi connectivity index (χ4n) is 2.51. The van der Waals surface area contributed by atoms with Gasteiger partial charge in [0, 0.05) is 6.42 Å². The van der Waals surface area contributed by atoms with Gasteiger partial charge in [-0.05, 0) is 54.4 Å². The predicted molar refractivity (Wildman–Crippen MR) is 86.8 cm³/mol. The molecule has 4 heteroatoms. The quantitative estimate of drug-likeness (QED) is 0.325. The number of nitrogens with zero attached hydrogens (tertiary/aromatic N) is 1. The molecule has 0 saturated heterocycles. The molecule has 0 aromatic rings. The number of hydrogen-bond acceptors (Lipinski definition) is 3. The topological polar surface area (TPSA) is 44.5 Å². The number of allylic oxidation sites excluding steroid dienone is 1. The van der Waals surface area contributed by atoms with Crippen LogP contribution in [0.1, 0.15) is 60.8 Å². The number of hydrogen-bond donors (Lipinski definition) is 0. The summed E-state index contributed by atoms with van der Waals surface area (Å²) in [4.78, 5) is 0. The van der Waals surface area contributed by atoms with Crippen LogP contribution in [0.4, 0.5) is 0 Å². The summed E-state index contributed by atoms with van der Waals surface area (Å²) in [6.45, 7) is 16.1. The van der Waals surface area contributed by atoms with Crippen molar-refractivity contribution in [2.24, 2.45) is 0 Å². The molecule has 122 valence electrons. The van der Waals surface area contributed by atoms with E-state index in [0.29, 0.717) is 6.54 Å². The zero-order valence-electron chi connectivity index (χ0n) is 14.4. The van der Waals surface area contributed by atoms with E-state index in [1.807, 2.05) is 47.6 Å². The average molecular weight is 297 g/mol. The van der Waals surface area contributed by atoms with Crippen molar-refractivity contribution in [1.82, 2.24) is 0 Å². The first-order valence-corrected chi connectivity index (χ1v) is 7.80. The minimum absolute atomic E-state index is 0.208. The summed E-state index contributed by atoms with van der Waals surface area (Å²) in [5.74, 6) is 0. The lowest BCUT2D eigenvalue weighted by Gasteiger charge is -2.31. The zero-order valence-corrected chi connectivity index (χ0v) is 14.4. The van der Waals surface area contributed by atoms with Gasteiger partial charge in [0.05, 0.1) is 11.2 Å². The van der Waals surface area contributed by atoms with E-state index in [9.17, 15) is 5.21 Å². The Morgan fingerprint density at radius 1 is 1.19 bits per heavy atom. The van der Waals surface area contributed by atoms with Gasteiger partial charge in [0.1, 0.15) is 0 Å². The molecule has 2 atom stereocenters. The van der Waals surface area contributed by atoms with Gasteiger partial charge >= 0.3 is 0 Å². The molecule has 1 aliphatic heterocycles. The van der Waals surface area contributed by atoms with E-state index in [1.165, 1.54) is 0 Å². The van der Waals surface area contributed by atoms with Crippen molar-refractivity contribution >= 4 is 5.71 Å². The Morgan fingerprint density at radius 3 is 2.24 bits per heavy atom. The van der Waals surface area contributed by atoms with Gasteiger partial charge in [0.15, 0.2) is 24.5 Å². The van der Waals surface area contributed by atoms with Gasteiger partial charge in [0.25, 0.3) is 0 Å². The maximum Gasteiger partial charge on any atom is 0.195 e. The first kappa shape index (κ1) is 18.2. The van der Waals surface area contributed by atoms with Gasteiger partial charge in [-0.25, -0.2) is 4.74 Å². The highest BCUT2D eigenvalue weighted by molar-refractivity contribution is 5.86. The van der Waals surface area contributed by atoms with E-state index in [-0.39, 0.29) is 23.4 Å². The highest BCUT2D eigenvalue weighted by atomic mass is 16.6. The molecule has 0 fully saturated rings. The normalized spacial score (nSPS) is 23.7. The lowest BCUT2D eigenvalue weighted by atomic mass is 10.0. The van der Waals surface area contributed by atoms with Crippen LogP contribution >= 0.6 is 0 Å². The second-order valence-corrected chi connectivity index (χ2v) is 7.65. The van der Waals surface area contributed by atoms with E-state index in [2.05, 4.69) is 6.58 Å². The minimum Gasteiger partial charge on any atom is -0.624 e. The monoisotopic (exact) mass is 297 g/mol. The lowest BCUT2D eigenvalue weighted by molar-refractivity contribution is -0.460. The van der Waals surface area contributed by atoms with Crippen molar-refractivity contribution < 1.29 is 14.2 Å². The Labute approximate surface area is 129 Å². The molecule has 0 aliphatic carbocycles. The van der Waals surface area contributed by atoms with Crippen LogP contribution in [0.3, 0.4) is 0 Å². The highest BCUT2D eigenvalue weighted by Crippen LogP contribution is 2.26. The standard InChI is InChI=1S/C17H31NO3/c1-8-9-10-11-13-15(21-17(5,6)7)14(12-18(13)19)20-16(2,3)4/h8,14-15H,1,9-12H2,2-7H3/t14-,15-/m0/s1. The smallest absolute Gasteiger partial charge is 0.195 e. The molecule has 4 nitrogen and oxygen atoms in total. The van der Waals surface area contributed by atoms with Crippen molar-refractivity contribution in [3.63, 3.8) is 0 Å². The van der Waals surface area contributed by atoms with Gasteiger partial charge in [-0.1, -0.05) is 6.08 Å². The molecule has 1 heterocycles. The van der Waals surface area contributed by atoms with Crippen LogP contribution in [0.15, 0.2) is 12.7 Å². The van der Waals surface area contributed by atoms with Gasteiger partial charge in [0.2, 0.25) is 0 Å². The Balaban J connectivity index is 2.87. The third-order valence-corrected chi connectivity index (χ3v) is 3.16. The third kappa shape index (κ3) is 6.18. The molecule has 1 aliphatic rings. The van der Waals surface area contributed by atoms with E-state index in [1.54, 1.807) is 0 Å². The summed E-state index contributed by atoms with van der Waals surface area (Å²) in [6.07, 6.45) is 3.98. The van der Waals surface area contributed by atoms with Crippen molar-refractivity contribution in [3.8, 4) is 0 Å². The fraction of sp³-hybridized carbons (Fsp3) is 0.824. The van der Waals surface area contributed by atoms with Crippen molar-refractivity contribution in [2.75, 3.05) is 6.54 Å². The zero-order chi connectivity index (χ0) is 16.3. The molecule has 0 bridgehead atoms. The first-order valence-electron chi connectivity index (χ1n) is 7.80. The minimum atomic E-state index is -0.307. The van der Waals surface area contributed by atoms with Crippen molar-refractivity contribution in [2.45, 2.75) is 84.2 Å². The van der Waals surface area contributed by atoms with Gasteiger partial charge in [-0.3, -0.25) is 0 Å². The number of rotatable bonds is 6. The SMILES string of the molecule is C=CCCCC1=[N+]([O-])C[C@H](OC(C)(C)C)[C@H]1OC(C)(C)C. The molecule has 0 aromatic carbocycles. The molecule has 0 N–H and O–H groups in total. The summed E-state index contributed by atoms with van der Waals surface area (Å²) in [6, 6.07) is 0. The molecule has 0 unspecified atom stereocenters. The molecule has 0 aromatic heterocycles. The Bertz CT molecular complexity index is 388. The van der Waals surface area contributed by atoms with E-state index in [4.69, 9.17) is 9.47 Å². The maximum atomic E-state index is 12.3. The summed E-state index contributed by atoms with van der Waals surface area (Å²) in [7, 11) is 0. The first-order chi connectivity index (χ1) is 9.53. The molecule has 0 saturated carbocycles. The Kier molecular flexibility index (Phi) is 6.00. The van der Waals surface area contributed by atoms with Gasteiger partial charge < -0.3 is 14.7 Å². The van der Waals surface area contributed by atoms with Gasteiger partial charge in [-0.15, -0.1) is 6.58 Å². The van der Waals surface area contributed by atoms with Crippen LogP contribution in [0.25, 0.3) is 0 Å². The predicted octanol–water partition coefficient (Wildman–Crippen LogP) is 3.68. The Hall–Kier alpha value is -0.870. The summed E-state index contributed by atoms with van der Waals surface area (Å²) in [5, 5.41) is 12.3. The largest absolute Gasteiger partial charge is 0.624 e. The van der Waals surface area contributed by atoms with E-state index in [0.717, 1.165) is 29.7 Å². The average Bonchev–Trinajstić information content (AvgIpc) is 2.52. The van der Waals surface area contributed by atoms with E-state index < -0.39 is 0 Å². The fourth-order valence-corrected chi connectivity index (χ4v) is 2.51. The molecule has 0 spiro atoms. The number of unbranched alkanes of at least 4 members (excludes halogenated alkanes) is 1. The van der Waals surface area contributed by atoms with Crippen LogP contribution in [-0.4, -0.2) is 40.4 Å². The molecule has 1 rings (SSSR count). The van der Waals surface area contributed by atoms with Crippen LogP contribution in [0, 0.1) is 5.21 Å². The molecular weight excluding hydrogens is 266 g/mol. The van der Waals surface area contributed by atoms with Crippen molar-refractivity contribution in [1.29, 1.82) is 0 Å². The molecular formula is C17H31NO3. The van der Waals surface area contributed by atoms with Crippen LogP contribution in [0.5, 0.6) is 0 Å². The lowest BCUT2D eigenvalue weighted by Crippen LogP contribution is -2.43. The van der Waals surface area contributed by atoms with Crippen molar-refractivity contribution in [3.05, 3.63) is 17.9 Å². The highest BCUT2D eigenvalue weighted by Gasteiger charge is 2.44. The molecule has 0 amide bonds. The summed E-state index contributed by atoms with van der Waals surface area (Å²) < 4.78 is 13.3. The number of ether oxygens (including phenoxy) is 2. The maximum absolute atomic E-state index is 12.3. The number of hydroxylamine groups is 1. The Morgan fingerprint density at radius 2 is 1.76 bits per heavy atom. The summed E-state index contributed by atoms with van der Waals surface area (Å²) in [5.41, 5.74) is 0.210. The second kappa shape index (κ2) is 6.93. The molecule has 0 radical (unpaired) electrons.